The fourth-order valence-corrected chi connectivity index (χ4v) is 5.02. The molecule has 3 aliphatic rings. The van der Waals surface area contributed by atoms with Crippen molar-refractivity contribution < 1.29 is 32.3 Å². The lowest BCUT2D eigenvalue weighted by Crippen LogP contribution is -2.44. The Hall–Kier alpha value is -4.17. The normalized spacial score (nSPS) is 20.6. The molecule has 1 saturated carbocycles. The lowest BCUT2D eigenvalue weighted by Gasteiger charge is -2.22. The van der Waals surface area contributed by atoms with Gasteiger partial charge in [-0.1, -0.05) is 13.8 Å². The second kappa shape index (κ2) is 13.0. The molecule has 4 heterocycles. The Morgan fingerprint density at radius 2 is 1.90 bits per heavy atom. The maximum absolute atomic E-state index is 11.9. The molecule has 0 aromatic carbocycles. The molecule has 2 N–H and O–H groups in total. The van der Waals surface area contributed by atoms with E-state index < -0.39 is 30.6 Å². The number of ether oxygens (including phenoxy) is 1. The van der Waals surface area contributed by atoms with E-state index in [9.17, 15) is 27.6 Å². The number of pyridine rings is 1. The van der Waals surface area contributed by atoms with Crippen LogP contribution in [-0.4, -0.2) is 76.9 Å². The third-order valence-corrected chi connectivity index (χ3v) is 7.56. The van der Waals surface area contributed by atoms with Crippen molar-refractivity contribution in [2.75, 3.05) is 32.8 Å². The molecular weight excluding hydrogens is 543 g/mol. The molecule has 2 aromatic rings. The van der Waals surface area contributed by atoms with Crippen molar-refractivity contribution in [3.8, 4) is 18.4 Å². The first-order valence-corrected chi connectivity index (χ1v) is 12.9. The minimum atomic E-state index is -4.94. The summed E-state index contributed by atoms with van der Waals surface area (Å²) in [6.07, 6.45) is 6.61. The molecule has 2 aliphatic heterocycles. The van der Waals surface area contributed by atoms with Crippen LogP contribution in [0.1, 0.15) is 44.0 Å². The van der Waals surface area contributed by atoms with Gasteiger partial charge in [-0.15, -0.1) is 6.42 Å². The summed E-state index contributed by atoms with van der Waals surface area (Å²) in [5.74, 6) is 0.838. The molecule has 0 bridgehead atoms. The summed E-state index contributed by atoms with van der Waals surface area (Å²) in [6, 6.07) is 1.19. The van der Waals surface area contributed by atoms with Crippen LogP contribution in [0.4, 0.5) is 13.2 Å². The van der Waals surface area contributed by atoms with Crippen LogP contribution in [-0.2, 0) is 26.2 Å². The average molecular weight is 576 g/mol. The highest BCUT2D eigenvalue weighted by atomic mass is 19.4. The standard InChI is InChI=1S/C12H9N5O.C11H15F3N2O2.C4H8O/c1-3-9-12-8(10(4-13)15-7-18)5-14-6-11(12)17(2)16-9;1-10(2)6-4-16(5-7(6)10)8(17)3-15-9(18)11(12,13)14;1-2-4-5-3-1/h1,5-7,10H,2H3,(H,15,18);6-7H,3-5H2,1-2H3,(H,15,18);1-4H2/t;6-,7?;/m.1./s1. The highest BCUT2D eigenvalue weighted by Gasteiger charge is 2.62. The summed E-state index contributed by atoms with van der Waals surface area (Å²) in [5.41, 5.74) is 1.93. The molecule has 220 valence electrons. The largest absolute Gasteiger partial charge is 0.471 e. The molecule has 3 amide bonds. The SMILES string of the molecule is C#Cc1nn(C)c2cncc(C(C#N)NC=O)c12.C1CCOC1.CC1(C)C2CN(C(=O)CNC(=O)C(F)(F)F)C[C@H]21. The first kappa shape index (κ1) is 31.4. The Kier molecular flexibility index (Phi) is 9.94. The minimum absolute atomic E-state index is 0.242. The number of nitriles is 1. The molecule has 5 rings (SSSR count). The van der Waals surface area contributed by atoms with E-state index in [2.05, 4.69) is 35.2 Å². The summed E-state index contributed by atoms with van der Waals surface area (Å²) in [7, 11) is 1.74. The van der Waals surface area contributed by atoms with Crippen molar-refractivity contribution in [3.63, 3.8) is 0 Å². The fraction of sp³-hybridized carbons (Fsp3) is 0.556. The van der Waals surface area contributed by atoms with E-state index in [-0.39, 0.29) is 5.41 Å². The summed E-state index contributed by atoms with van der Waals surface area (Å²) in [6.45, 7) is 6.82. The third kappa shape index (κ3) is 7.32. The molecule has 3 fully saturated rings. The summed E-state index contributed by atoms with van der Waals surface area (Å²) >= 11 is 0. The Balaban J connectivity index is 0.000000193. The number of rotatable bonds is 5. The van der Waals surface area contributed by atoms with Crippen molar-refractivity contribution >= 4 is 29.1 Å². The Morgan fingerprint density at radius 1 is 1.27 bits per heavy atom. The van der Waals surface area contributed by atoms with Gasteiger partial charge in [-0.25, -0.2) is 0 Å². The number of hydrogen-bond acceptors (Lipinski definition) is 7. The zero-order chi connectivity index (χ0) is 30.4. The lowest BCUT2D eigenvalue weighted by atomic mass is 10.0. The van der Waals surface area contributed by atoms with Crippen molar-refractivity contribution in [3.05, 3.63) is 23.7 Å². The molecule has 41 heavy (non-hydrogen) atoms. The van der Waals surface area contributed by atoms with E-state index in [4.69, 9.17) is 16.4 Å². The highest BCUT2D eigenvalue weighted by Crippen LogP contribution is 2.61. The third-order valence-electron chi connectivity index (χ3n) is 7.56. The van der Waals surface area contributed by atoms with Crippen molar-refractivity contribution in [1.82, 2.24) is 30.3 Å². The molecule has 2 unspecified atom stereocenters. The monoisotopic (exact) mass is 575 g/mol. The van der Waals surface area contributed by atoms with Crippen molar-refractivity contribution in [2.45, 2.75) is 38.9 Å². The number of terminal acetylenes is 1. The maximum Gasteiger partial charge on any atom is 0.471 e. The van der Waals surface area contributed by atoms with Crippen LogP contribution in [0.3, 0.4) is 0 Å². The predicted octanol–water partition coefficient (Wildman–Crippen LogP) is 1.84. The van der Waals surface area contributed by atoms with E-state index in [1.165, 1.54) is 23.9 Å². The van der Waals surface area contributed by atoms with E-state index in [0.29, 0.717) is 53.5 Å². The van der Waals surface area contributed by atoms with Gasteiger partial charge >= 0.3 is 12.1 Å². The Labute approximate surface area is 235 Å². The van der Waals surface area contributed by atoms with E-state index in [0.717, 1.165) is 13.2 Å². The molecule has 0 radical (unpaired) electrons. The van der Waals surface area contributed by atoms with E-state index in [1.807, 2.05) is 6.07 Å². The van der Waals surface area contributed by atoms with Crippen LogP contribution >= 0.6 is 0 Å². The van der Waals surface area contributed by atoms with Gasteiger partial charge in [-0.05, 0) is 36.0 Å². The summed E-state index contributed by atoms with van der Waals surface area (Å²) in [5, 5.41) is 17.9. The lowest BCUT2D eigenvalue weighted by molar-refractivity contribution is -0.174. The number of halogens is 3. The number of nitrogens with zero attached hydrogens (tertiary/aromatic N) is 5. The molecule has 2 saturated heterocycles. The van der Waals surface area contributed by atoms with E-state index in [1.54, 1.807) is 23.2 Å². The fourth-order valence-electron chi connectivity index (χ4n) is 5.02. The summed E-state index contributed by atoms with van der Waals surface area (Å²) < 4.78 is 42.3. The van der Waals surface area contributed by atoms with Gasteiger partial charge in [-0.3, -0.25) is 24.0 Å². The second-order valence-corrected chi connectivity index (χ2v) is 10.4. The van der Waals surface area contributed by atoms with Crippen molar-refractivity contribution in [1.29, 1.82) is 5.26 Å². The molecule has 3 atom stereocenters. The van der Waals surface area contributed by atoms with Crippen LogP contribution in [0.25, 0.3) is 10.9 Å². The van der Waals surface area contributed by atoms with Gasteiger partial charge in [0.15, 0.2) is 0 Å². The second-order valence-electron chi connectivity index (χ2n) is 10.4. The van der Waals surface area contributed by atoms with Crippen LogP contribution < -0.4 is 10.6 Å². The Bertz CT molecular complexity index is 1330. The van der Waals surface area contributed by atoms with Crippen molar-refractivity contribution in [2.24, 2.45) is 24.3 Å². The number of piperidine rings is 1. The maximum atomic E-state index is 11.9. The smallest absolute Gasteiger partial charge is 0.381 e. The highest BCUT2D eigenvalue weighted by molar-refractivity contribution is 5.88. The number of amides is 3. The number of nitrogens with one attached hydrogen (secondary N) is 2. The summed E-state index contributed by atoms with van der Waals surface area (Å²) in [4.78, 5) is 38.2. The number of hydrogen-bond donors (Lipinski definition) is 2. The van der Waals surface area contributed by atoms with Gasteiger partial charge in [-0.2, -0.15) is 23.5 Å². The number of aromatic nitrogens is 3. The number of aryl methyl sites for hydroxylation is 1. The van der Waals surface area contributed by atoms with Gasteiger partial charge in [0.2, 0.25) is 12.3 Å². The van der Waals surface area contributed by atoms with Crippen LogP contribution in [0.15, 0.2) is 12.4 Å². The Morgan fingerprint density at radius 3 is 2.39 bits per heavy atom. The van der Waals surface area contributed by atoms with Crippen LogP contribution in [0, 0.1) is 40.9 Å². The molecule has 0 spiro atoms. The molecule has 11 nitrogen and oxygen atoms in total. The number of fused-ring (bicyclic) bond motifs is 2. The quantitative estimate of drug-likeness (QED) is 0.409. The number of likely N-dealkylation sites (tertiary alicyclic amines) is 1. The average Bonchev–Trinajstić information content (AvgIpc) is 3.56. The molecule has 2 aromatic heterocycles. The van der Waals surface area contributed by atoms with Gasteiger partial charge in [0.1, 0.15) is 11.7 Å². The topological polar surface area (TPSA) is 142 Å². The molecule has 14 heteroatoms. The van der Waals surface area contributed by atoms with Gasteiger partial charge in [0.05, 0.1) is 24.3 Å². The molecular formula is C27H32F3N7O4. The zero-order valence-electron chi connectivity index (χ0n) is 23.0. The molecule has 1 aliphatic carbocycles. The first-order valence-electron chi connectivity index (χ1n) is 12.9. The van der Waals surface area contributed by atoms with Crippen LogP contribution in [0.2, 0.25) is 0 Å². The number of carbonyl (C=O) groups excluding carboxylic acids is 3. The number of carbonyl (C=O) groups is 3. The van der Waals surface area contributed by atoms with Gasteiger partial charge in [0.25, 0.3) is 0 Å². The van der Waals surface area contributed by atoms with Gasteiger partial charge in [0, 0.05) is 50.5 Å². The van der Waals surface area contributed by atoms with E-state index >= 15 is 0 Å². The van der Waals surface area contributed by atoms with Gasteiger partial charge < -0.3 is 20.3 Å². The zero-order valence-corrected chi connectivity index (χ0v) is 23.0. The number of alkyl halides is 3. The van der Waals surface area contributed by atoms with Crippen LogP contribution in [0.5, 0.6) is 0 Å². The minimum Gasteiger partial charge on any atom is -0.381 e. The predicted molar refractivity (Wildman–Crippen MR) is 140 cm³/mol. The first-order chi connectivity index (χ1) is 19.4.